The Morgan fingerprint density at radius 2 is 1.56 bits per heavy atom. The van der Waals surface area contributed by atoms with E-state index >= 15 is 0 Å². The van der Waals surface area contributed by atoms with Crippen LogP contribution in [0.2, 0.25) is 0 Å². The fraction of sp³-hybridized carbons (Fsp3) is 0.500. The first-order valence-electron chi connectivity index (χ1n) is 1.61. The first kappa shape index (κ1) is 23.3. The van der Waals surface area contributed by atoms with Crippen LogP contribution in [0.5, 0.6) is 0 Å². The van der Waals surface area contributed by atoms with Crippen LogP contribution in [0.25, 0.3) is 0 Å². The summed E-state index contributed by atoms with van der Waals surface area (Å²) in [6, 6.07) is 0. The summed E-state index contributed by atoms with van der Waals surface area (Å²) in [5.74, 6) is -1.08. The van der Waals surface area contributed by atoms with Gasteiger partial charge in [-0.25, -0.2) is 0 Å². The first-order chi connectivity index (χ1) is 3.15. The summed E-state index contributed by atoms with van der Waals surface area (Å²) < 4.78 is 0. The minimum Gasteiger partial charge on any atom is -0.550 e. The van der Waals surface area contributed by atoms with Crippen LogP contribution in [0.3, 0.4) is 0 Å². The predicted molar refractivity (Wildman–Crippen MR) is 25.7 cm³/mol. The zero-order valence-electron chi connectivity index (χ0n) is 5.43. The van der Waals surface area contributed by atoms with Crippen LogP contribution in [0.15, 0.2) is 0 Å². The third-order valence-corrected chi connectivity index (χ3v) is 0. The standard InChI is InChI=1S/C2H4O2.C2H3O.H2O.Zn/c1-2(3)4;1-2-3;;/h1H3,(H,3,4);1H3;1H2;/q;-1;;+2/p-1. The molecule has 0 aliphatic heterocycles. The largest absolute Gasteiger partial charge is 2.00 e. The average Bonchev–Trinajstić information content (AvgIpc) is 1.33. The fourth-order valence-electron chi connectivity index (χ4n) is 0. The molecule has 2 N–H and O–H groups in total. The summed E-state index contributed by atoms with van der Waals surface area (Å²) >= 11 is 0. The molecule has 0 atom stereocenters. The molecular weight excluding hydrogens is 177 g/mol. The SMILES string of the molecule is CC(=O)[O-].C[C-]=O.O.[Zn+2]. The maximum Gasteiger partial charge on any atom is 2.00 e. The van der Waals surface area contributed by atoms with Crippen molar-refractivity contribution >= 4 is 12.3 Å². The van der Waals surface area contributed by atoms with E-state index in [1.54, 1.807) is 0 Å². The van der Waals surface area contributed by atoms with E-state index in [0.29, 0.717) is 0 Å². The molecule has 0 aromatic heterocycles. The van der Waals surface area contributed by atoms with Gasteiger partial charge in [0.2, 0.25) is 0 Å². The quantitative estimate of drug-likeness (QED) is 0.324. The number of hydrogen-bond acceptors (Lipinski definition) is 3. The number of hydrogen-bond donors (Lipinski definition) is 0. The number of rotatable bonds is 0. The minimum absolute atomic E-state index is 0. The Balaban J connectivity index is -0.0000000233. The number of aliphatic carboxylic acids is 1. The van der Waals surface area contributed by atoms with Crippen LogP contribution in [0.1, 0.15) is 13.8 Å². The Kier molecular flexibility index (Phi) is 65.3. The number of carboxylic acids is 1. The smallest absolute Gasteiger partial charge is 0.550 e. The Morgan fingerprint density at radius 3 is 1.56 bits per heavy atom. The Labute approximate surface area is 66.3 Å². The normalized spacial score (nSPS) is 4.22. The van der Waals surface area contributed by atoms with Crippen molar-refractivity contribution in [1.29, 1.82) is 0 Å². The van der Waals surface area contributed by atoms with Gasteiger partial charge in [-0.1, -0.05) is 0 Å². The second-order valence-electron chi connectivity index (χ2n) is 0.696. The number of carboxylic acid groups (broad SMARTS) is 1. The number of carbonyl (C=O) groups is 1. The van der Waals surface area contributed by atoms with Crippen molar-refractivity contribution in [3.05, 3.63) is 0 Å². The second kappa shape index (κ2) is 25.2. The van der Waals surface area contributed by atoms with E-state index in [1.807, 2.05) is 0 Å². The molecule has 0 radical (unpaired) electrons. The predicted octanol–water partition coefficient (Wildman–Crippen LogP) is -1.96. The Hall–Kier alpha value is -0.277. The van der Waals surface area contributed by atoms with Crippen molar-refractivity contribution < 1.29 is 39.6 Å². The van der Waals surface area contributed by atoms with Gasteiger partial charge in [0.25, 0.3) is 0 Å². The molecule has 0 heterocycles. The molecule has 9 heavy (non-hydrogen) atoms. The van der Waals surface area contributed by atoms with Gasteiger partial charge in [0.15, 0.2) is 0 Å². The van der Waals surface area contributed by atoms with Crippen LogP contribution in [-0.4, -0.2) is 17.7 Å². The molecule has 0 rings (SSSR count). The summed E-state index contributed by atoms with van der Waals surface area (Å²) in [7, 11) is 0. The molecule has 0 unspecified atom stereocenters. The molecule has 50 valence electrons. The third-order valence-electron chi connectivity index (χ3n) is 0. The molecule has 0 saturated heterocycles. The van der Waals surface area contributed by atoms with Crippen molar-refractivity contribution in [2.75, 3.05) is 0 Å². The van der Waals surface area contributed by atoms with Gasteiger partial charge in [0.1, 0.15) is 0 Å². The van der Waals surface area contributed by atoms with Gasteiger partial charge in [-0.2, -0.15) is 6.92 Å². The second-order valence-corrected chi connectivity index (χ2v) is 0.696. The molecule has 0 saturated carbocycles. The maximum atomic E-state index is 8.89. The molecule has 0 aromatic carbocycles. The van der Waals surface area contributed by atoms with E-state index in [9.17, 15) is 0 Å². The maximum absolute atomic E-state index is 8.89. The van der Waals surface area contributed by atoms with Gasteiger partial charge in [0.05, 0.1) is 0 Å². The molecule has 0 amide bonds. The summed E-state index contributed by atoms with van der Waals surface area (Å²) in [5.41, 5.74) is 0. The van der Waals surface area contributed by atoms with Crippen LogP contribution < -0.4 is 5.11 Å². The van der Waals surface area contributed by atoms with Gasteiger partial charge >= 0.3 is 19.5 Å². The average molecular weight is 185 g/mol. The minimum atomic E-state index is -1.08. The van der Waals surface area contributed by atoms with Crippen LogP contribution >= 0.6 is 0 Å². The van der Waals surface area contributed by atoms with Crippen molar-refractivity contribution in [2.24, 2.45) is 0 Å². The third kappa shape index (κ3) is 3310. The molecule has 5 heteroatoms. The molecule has 0 bridgehead atoms. The van der Waals surface area contributed by atoms with E-state index < -0.39 is 5.97 Å². The van der Waals surface area contributed by atoms with Gasteiger partial charge in [-0.3, -0.25) is 6.29 Å². The monoisotopic (exact) mass is 184 g/mol. The zero-order chi connectivity index (χ0) is 6.28. The van der Waals surface area contributed by atoms with Crippen LogP contribution in [-0.2, 0) is 29.1 Å². The molecule has 0 aromatic rings. The molecule has 0 aliphatic rings. The van der Waals surface area contributed by atoms with Crippen molar-refractivity contribution in [1.82, 2.24) is 0 Å². The van der Waals surface area contributed by atoms with Crippen molar-refractivity contribution in [3.8, 4) is 0 Å². The van der Waals surface area contributed by atoms with Crippen LogP contribution in [0.4, 0.5) is 0 Å². The van der Waals surface area contributed by atoms with E-state index in [-0.39, 0.29) is 25.0 Å². The molecule has 0 fully saturated rings. The fourth-order valence-corrected chi connectivity index (χ4v) is 0. The van der Waals surface area contributed by atoms with E-state index in [4.69, 9.17) is 14.7 Å². The van der Waals surface area contributed by atoms with Gasteiger partial charge in [0, 0.05) is 5.97 Å². The van der Waals surface area contributed by atoms with Gasteiger partial charge < -0.3 is 20.2 Å². The van der Waals surface area contributed by atoms with Crippen LogP contribution in [0, 0.1) is 0 Å². The van der Waals surface area contributed by atoms with Crippen molar-refractivity contribution in [3.63, 3.8) is 0 Å². The van der Waals surface area contributed by atoms with E-state index in [0.717, 1.165) is 6.92 Å². The summed E-state index contributed by atoms with van der Waals surface area (Å²) in [6.07, 6.45) is 1.50. The molecular formula is C4H8O4Zn. The van der Waals surface area contributed by atoms with Gasteiger partial charge in [-0.15, -0.1) is 0 Å². The molecule has 4 nitrogen and oxygen atoms in total. The summed E-state index contributed by atoms with van der Waals surface area (Å²) in [6.45, 7) is 2.29. The molecule has 0 spiro atoms. The van der Waals surface area contributed by atoms with Gasteiger partial charge in [-0.05, 0) is 6.92 Å². The topological polar surface area (TPSA) is 88.7 Å². The van der Waals surface area contributed by atoms with Crippen molar-refractivity contribution in [2.45, 2.75) is 13.8 Å². The summed E-state index contributed by atoms with van der Waals surface area (Å²) in [4.78, 5) is 17.6. The Bertz CT molecular complexity index is 59.6. The van der Waals surface area contributed by atoms with E-state index in [2.05, 4.69) is 0 Å². The first-order valence-corrected chi connectivity index (χ1v) is 1.61. The molecule has 0 aliphatic carbocycles. The number of carbonyl (C=O) groups excluding carboxylic acids is 2. The Morgan fingerprint density at radius 1 is 1.56 bits per heavy atom. The van der Waals surface area contributed by atoms with E-state index in [1.165, 1.54) is 13.2 Å². The summed E-state index contributed by atoms with van der Waals surface area (Å²) in [5, 5.41) is 8.89. The zero-order valence-corrected chi connectivity index (χ0v) is 8.40.